The molecule has 0 aromatic heterocycles. The fourth-order valence-corrected chi connectivity index (χ4v) is 2.90. The van der Waals surface area contributed by atoms with Crippen LogP contribution in [0.4, 0.5) is 0 Å². The first kappa shape index (κ1) is 15.5. The molecule has 3 heteroatoms. The molecule has 0 bridgehead atoms. The molecule has 0 amide bonds. The summed E-state index contributed by atoms with van der Waals surface area (Å²) in [6.45, 7) is 6.52. The van der Waals surface area contributed by atoms with Crippen LogP contribution in [0.3, 0.4) is 0 Å². The average molecular weight is 276 g/mol. The van der Waals surface area contributed by atoms with Gasteiger partial charge >= 0.3 is 0 Å². The Morgan fingerprint density at radius 2 is 1.90 bits per heavy atom. The number of piperidine rings is 1. The lowest BCUT2D eigenvalue weighted by Crippen LogP contribution is -2.39. The van der Waals surface area contributed by atoms with E-state index < -0.39 is 0 Å². The molecule has 1 aromatic carbocycles. The summed E-state index contributed by atoms with van der Waals surface area (Å²) >= 11 is 0. The van der Waals surface area contributed by atoms with Gasteiger partial charge in [-0.2, -0.15) is 0 Å². The highest BCUT2D eigenvalue weighted by Gasteiger charge is 2.18. The molecule has 0 unspecified atom stereocenters. The first-order valence-corrected chi connectivity index (χ1v) is 7.84. The van der Waals surface area contributed by atoms with Crippen molar-refractivity contribution in [3.05, 3.63) is 35.9 Å². The molecule has 1 N–H and O–H groups in total. The van der Waals surface area contributed by atoms with E-state index >= 15 is 0 Å². The predicted molar refractivity (Wildman–Crippen MR) is 84.1 cm³/mol. The molecule has 0 spiro atoms. The smallest absolute Gasteiger partial charge is 0.0587 e. The lowest BCUT2D eigenvalue weighted by molar-refractivity contribution is 0.177. The summed E-state index contributed by atoms with van der Waals surface area (Å²) in [5, 5.41) is 3.42. The van der Waals surface area contributed by atoms with Crippen LogP contribution < -0.4 is 5.32 Å². The number of hydrogen-bond acceptors (Lipinski definition) is 3. The van der Waals surface area contributed by atoms with Gasteiger partial charge in [-0.1, -0.05) is 30.3 Å². The van der Waals surface area contributed by atoms with Gasteiger partial charge in [0.25, 0.3) is 0 Å². The van der Waals surface area contributed by atoms with Crippen molar-refractivity contribution in [1.29, 1.82) is 0 Å². The maximum absolute atomic E-state index is 5.03. The summed E-state index contributed by atoms with van der Waals surface area (Å²) in [5.74, 6) is 0.870. The van der Waals surface area contributed by atoms with Crippen molar-refractivity contribution in [2.75, 3.05) is 46.4 Å². The zero-order chi connectivity index (χ0) is 14.0. The highest BCUT2D eigenvalue weighted by molar-refractivity contribution is 5.15. The average Bonchev–Trinajstić information content (AvgIpc) is 2.50. The van der Waals surface area contributed by atoms with Crippen LogP contribution in [0, 0.1) is 5.92 Å². The van der Waals surface area contributed by atoms with Gasteiger partial charge in [-0.15, -0.1) is 0 Å². The first-order valence-electron chi connectivity index (χ1n) is 7.84. The molecule has 1 aliphatic rings. The third-order valence-corrected chi connectivity index (χ3v) is 4.16. The number of methoxy groups -OCH3 is 1. The largest absolute Gasteiger partial charge is 0.383 e. The van der Waals surface area contributed by atoms with Gasteiger partial charge in [0.05, 0.1) is 6.61 Å². The summed E-state index contributed by atoms with van der Waals surface area (Å²) in [6, 6.07) is 10.9. The quantitative estimate of drug-likeness (QED) is 0.737. The number of nitrogens with zero attached hydrogens (tertiary/aromatic N) is 1. The topological polar surface area (TPSA) is 24.5 Å². The minimum absolute atomic E-state index is 0.805. The van der Waals surface area contributed by atoms with Gasteiger partial charge in [0.1, 0.15) is 0 Å². The van der Waals surface area contributed by atoms with E-state index in [1.165, 1.54) is 44.5 Å². The molecular weight excluding hydrogens is 248 g/mol. The highest BCUT2D eigenvalue weighted by atomic mass is 16.5. The molecule has 3 nitrogen and oxygen atoms in total. The van der Waals surface area contributed by atoms with Gasteiger partial charge in [-0.25, -0.2) is 0 Å². The lowest BCUT2D eigenvalue weighted by Gasteiger charge is -2.32. The van der Waals surface area contributed by atoms with Gasteiger partial charge in [0.15, 0.2) is 0 Å². The van der Waals surface area contributed by atoms with Crippen molar-refractivity contribution in [3.8, 4) is 0 Å². The zero-order valence-electron chi connectivity index (χ0n) is 12.7. The maximum Gasteiger partial charge on any atom is 0.0587 e. The number of hydrogen-bond donors (Lipinski definition) is 1. The van der Waals surface area contributed by atoms with E-state index in [0.717, 1.165) is 25.6 Å². The molecule has 1 aliphatic heterocycles. The summed E-state index contributed by atoms with van der Waals surface area (Å²) in [6.07, 6.45) is 3.93. The maximum atomic E-state index is 5.03. The highest BCUT2D eigenvalue weighted by Crippen LogP contribution is 2.21. The minimum atomic E-state index is 0.805. The Bertz CT molecular complexity index is 347. The second-order valence-electron chi connectivity index (χ2n) is 5.72. The molecule has 1 fully saturated rings. The molecule has 0 atom stereocenters. The molecule has 2 rings (SSSR count). The van der Waals surface area contributed by atoms with Gasteiger partial charge < -0.3 is 15.0 Å². The van der Waals surface area contributed by atoms with Gasteiger partial charge in [-0.05, 0) is 43.8 Å². The molecule has 20 heavy (non-hydrogen) atoms. The zero-order valence-corrected chi connectivity index (χ0v) is 12.7. The van der Waals surface area contributed by atoms with Crippen LogP contribution >= 0.6 is 0 Å². The summed E-state index contributed by atoms with van der Waals surface area (Å²) in [4.78, 5) is 2.58. The lowest BCUT2D eigenvalue weighted by atomic mass is 9.90. The van der Waals surface area contributed by atoms with E-state index in [9.17, 15) is 0 Å². The Morgan fingerprint density at radius 3 is 2.60 bits per heavy atom. The van der Waals surface area contributed by atoms with E-state index in [-0.39, 0.29) is 0 Å². The Morgan fingerprint density at radius 1 is 1.15 bits per heavy atom. The molecular formula is C17H28N2O. The minimum Gasteiger partial charge on any atom is -0.383 e. The Kier molecular flexibility index (Phi) is 7.06. The van der Waals surface area contributed by atoms with Crippen LogP contribution in [0.15, 0.2) is 30.3 Å². The molecule has 1 saturated heterocycles. The molecule has 0 saturated carbocycles. The van der Waals surface area contributed by atoms with E-state index in [4.69, 9.17) is 4.74 Å². The summed E-state index contributed by atoms with van der Waals surface area (Å²) in [5.41, 5.74) is 1.49. The van der Waals surface area contributed by atoms with Crippen LogP contribution in [-0.2, 0) is 11.2 Å². The Balaban J connectivity index is 1.58. The van der Waals surface area contributed by atoms with Crippen LogP contribution in [0.25, 0.3) is 0 Å². The van der Waals surface area contributed by atoms with E-state index in [0.29, 0.717) is 0 Å². The van der Waals surface area contributed by atoms with Crippen LogP contribution in [0.5, 0.6) is 0 Å². The van der Waals surface area contributed by atoms with E-state index in [1.807, 2.05) is 0 Å². The van der Waals surface area contributed by atoms with Gasteiger partial charge in [0.2, 0.25) is 0 Å². The van der Waals surface area contributed by atoms with Crippen molar-refractivity contribution >= 4 is 0 Å². The number of benzene rings is 1. The number of nitrogens with one attached hydrogen (secondary N) is 1. The SMILES string of the molecule is COCCNCCN1CCC(Cc2ccccc2)CC1. The summed E-state index contributed by atoms with van der Waals surface area (Å²) < 4.78 is 5.03. The van der Waals surface area contributed by atoms with E-state index in [2.05, 4.69) is 40.5 Å². The van der Waals surface area contributed by atoms with Crippen molar-refractivity contribution in [1.82, 2.24) is 10.2 Å². The third kappa shape index (κ3) is 5.61. The summed E-state index contributed by atoms with van der Waals surface area (Å²) in [7, 11) is 1.75. The third-order valence-electron chi connectivity index (χ3n) is 4.16. The molecule has 1 heterocycles. The number of rotatable bonds is 8. The molecule has 0 radical (unpaired) electrons. The molecule has 112 valence electrons. The van der Waals surface area contributed by atoms with Crippen LogP contribution in [0.2, 0.25) is 0 Å². The second-order valence-corrected chi connectivity index (χ2v) is 5.72. The van der Waals surface area contributed by atoms with Crippen LogP contribution in [0.1, 0.15) is 18.4 Å². The first-order chi connectivity index (χ1) is 9.88. The fraction of sp³-hybridized carbons (Fsp3) is 0.647. The second kappa shape index (κ2) is 9.11. The van der Waals surface area contributed by atoms with Crippen LogP contribution in [-0.4, -0.2) is 51.3 Å². The standard InChI is InChI=1S/C17H28N2O/c1-20-14-10-18-9-13-19-11-7-17(8-12-19)15-16-5-3-2-4-6-16/h2-6,17-18H,7-15H2,1H3. The molecule has 1 aromatic rings. The van der Waals surface area contributed by atoms with E-state index in [1.54, 1.807) is 7.11 Å². The molecule has 0 aliphatic carbocycles. The predicted octanol–water partition coefficient (Wildman–Crippen LogP) is 2.18. The fourth-order valence-electron chi connectivity index (χ4n) is 2.90. The number of likely N-dealkylation sites (tertiary alicyclic amines) is 1. The Hall–Kier alpha value is -0.900. The van der Waals surface area contributed by atoms with Crippen molar-refractivity contribution in [2.45, 2.75) is 19.3 Å². The Labute approximate surface area is 123 Å². The normalized spacial score (nSPS) is 17.4. The van der Waals surface area contributed by atoms with Crippen molar-refractivity contribution < 1.29 is 4.74 Å². The van der Waals surface area contributed by atoms with Gasteiger partial charge in [-0.3, -0.25) is 0 Å². The van der Waals surface area contributed by atoms with Crippen molar-refractivity contribution in [2.24, 2.45) is 5.92 Å². The number of ether oxygens (including phenoxy) is 1. The van der Waals surface area contributed by atoms with Crippen molar-refractivity contribution in [3.63, 3.8) is 0 Å². The van der Waals surface area contributed by atoms with Gasteiger partial charge in [0, 0.05) is 26.7 Å². The monoisotopic (exact) mass is 276 g/mol.